The van der Waals surface area contributed by atoms with Crippen molar-refractivity contribution in [2.24, 2.45) is 0 Å². The number of hydrogen-bond donors (Lipinski definition) is 2. The number of hydrogen-bond acceptors (Lipinski definition) is 4. The molecule has 1 amide bonds. The molecule has 0 aliphatic carbocycles. The standard InChI is InChI=1S/C17H24N2O4/c1-12-5-3-6-13(2)16(12)23-10-8-18-15(20)11-19-9-4-7-14(19)17(21)22/h3,5-6,14H,4,7-11H2,1-2H3,(H,18,20)(H,21,22)/t14-/m1/s1. The summed E-state index contributed by atoms with van der Waals surface area (Å²) in [6, 6.07) is 5.42. The number of carbonyl (C=O) groups is 2. The molecule has 1 saturated heterocycles. The minimum absolute atomic E-state index is 0.125. The Balaban J connectivity index is 1.72. The lowest BCUT2D eigenvalue weighted by Crippen LogP contribution is -2.43. The number of para-hydroxylation sites is 1. The highest BCUT2D eigenvalue weighted by atomic mass is 16.5. The van der Waals surface area contributed by atoms with Gasteiger partial charge in [-0.1, -0.05) is 18.2 Å². The largest absolute Gasteiger partial charge is 0.491 e. The summed E-state index contributed by atoms with van der Waals surface area (Å²) in [5.74, 6) is -0.163. The van der Waals surface area contributed by atoms with Crippen LogP contribution in [0.15, 0.2) is 18.2 Å². The highest BCUT2D eigenvalue weighted by Crippen LogP contribution is 2.22. The van der Waals surface area contributed by atoms with Gasteiger partial charge in [0.2, 0.25) is 5.91 Å². The number of nitrogens with one attached hydrogen (secondary N) is 1. The van der Waals surface area contributed by atoms with Gasteiger partial charge in [-0.2, -0.15) is 0 Å². The zero-order valence-corrected chi connectivity index (χ0v) is 13.7. The van der Waals surface area contributed by atoms with Crippen molar-refractivity contribution in [3.8, 4) is 5.75 Å². The number of carboxylic acids is 1. The molecule has 126 valence electrons. The summed E-state index contributed by atoms with van der Waals surface area (Å²) in [7, 11) is 0. The Bertz CT molecular complexity index is 553. The molecular weight excluding hydrogens is 296 g/mol. The van der Waals surface area contributed by atoms with Crippen molar-refractivity contribution in [3.05, 3.63) is 29.3 Å². The van der Waals surface area contributed by atoms with Crippen LogP contribution in [0.5, 0.6) is 5.75 Å². The monoisotopic (exact) mass is 320 g/mol. The van der Waals surface area contributed by atoms with E-state index in [2.05, 4.69) is 5.32 Å². The topological polar surface area (TPSA) is 78.9 Å². The van der Waals surface area contributed by atoms with Crippen LogP contribution < -0.4 is 10.1 Å². The molecule has 0 unspecified atom stereocenters. The zero-order valence-electron chi connectivity index (χ0n) is 13.7. The average molecular weight is 320 g/mol. The zero-order chi connectivity index (χ0) is 16.8. The van der Waals surface area contributed by atoms with E-state index >= 15 is 0 Å². The summed E-state index contributed by atoms with van der Waals surface area (Å²) in [6.07, 6.45) is 1.43. The molecule has 1 aliphatic heterocycles. The number of ether oxygens (including phenoxy) is 1. The van der Waals surface area contributed by atoms with Crippen LogP contribution in [-0.2, 0) is 9.59 Å². The Hall–Kier alpha value is -2.08. The molecule has 1 aromatic rings. The van der Waals surface area contributed by atoms with Crippen LogP contribution in [-0.4, -0.2) is 54.2 Å². The van der Waals surface area contributed by atoms with E-state index in [-0.39, 0.29) is 12.5 Å². The van der Waals surface area contributed by atoms with E-state index in [1.54, 1.807) is 4.90 Å². The normalized spacial score (nSPS) is 17.9. The van der Waals surface area contributed by atoms with E-state index < -0.39 is 12.0 Å². The number of aliphatic carboxylic acids is 1. The molecule has 1 aromatic carbocycles. The highest BCUT2D eigenvalue weighted by molar-refractivity contribution is 5.80. The first-order valence-corrected chi connectivity index (χ1v) is 7.91. The summed E-state index contributed by atoms with van der Waals surface area (Å²) in [5, 5.41) is 11.9. The van der Waals surface area contributed by atoms with Crippen LogP contribution in [0.3, 0.4) is 0 Å². The fourth-order valence-electron chi connectivity index (χ4n) is 2.91. The average Bonchev–Trinajstić information content (AvgIpc) is 2.94. The van der Waals surface area contributed by atoms with Gasteiger partial charge in [-0.3, -0.25) is 14.5 Å². The molecule has 23 heavy (non-hydrogen) atoms. The Morgan fingerprint density at radius 1 is 1.35 bits per heavy atom. The third kappa shape index (κ3) is 4.69. The van der Waals surface area contributed by atoms with Gasteiger partial charge in [0.15, 0.2) is 0 Å². The van der Waals surface area contributed by atoms with E-state index in [1.165, 1.54) is 0 Å². The molecule has 2 rings (SSSR count). The van der Waals surface area contributed by atoms with Crippen LogP contribution in [0, 0.1) is 13.8 Å². The number of carboxylic acid groups (broad SMARTS) is 1. The number of nitrogens with zero attached hydrogens (tertiary/aromatic N) is 1. The van der Waals surface area contributed by atoms with E-state index in [4.69, 9.17) is 9.84 Å². The van der Waals surface area contributed by atoms with Gasteiger partial charge in [0.05, 0.1) is 13.1 Å². The maximum absolute atomic E-state index is 11.9. The van der Waals surface area contributed by atoms with Gasteiger partial charge in [-0.25, -0.2) is 0 Å². The van der Waals surface area contributed by atoms with Crippen LogP contribution >= 0.6 is 0 Å². The minimum Gasteiger partial charge on any atom is -0.491 e. The van der Waals surface area contributed by atoms with Crippen molar-refractivity contribution in [2.45, 2.75) is 32.7 Å². The SMILES string of the molecule is Cc1cccc(C)c1OCCNC(=O)CN1CCC[C@@H]1C(=O)O. The Labute approximate surface area is 136 Å². The molecule has 0 radical (unpaired) electrons. The minimum atomic E-state index is -0.853. The smallest absolute Gasteiger partial charge is 0.320 e. The summed E-state index contributed by atoms with van der Waals surface area (Å²) in [4.78, 5) is 24.7. The van der Waals surface area contributed by atoms with E-state index in [0.717, 1.165) is 23.3 Å². The Morgan fingerprint density at radius 3 is 2.70 bits per heavy atom. The maximum Gasteiger partial charge on any atom is 0.320 e. The number of benzene rings is 1. The molecule has 1 atom stereocenters. The molecule has 0 aromatic heterocycles. The van der Waals surface area contributed by atoms with Crippen molar-refractivity contribution >= 4 is 11.9 Å². The van der Waals surface area contributed by atoms with Gasteiger partial charge >= 0.3 is 5.97 Å². The van der Waals surface area contributed by atoms with Crippen molar-refractivity contribution in [2.75, 3.05) is 26.2 Å². The quantitative estimate of drug-likeness (QED) is 0.741. The molecule has 1 heterocycles. The van der Waals surface area contributed by atoms with E-state index in [0.29, 0.717) is 26.1 Å². The Morgan fingerprint density at radius 2 is 2.04 bits per heavy atom. The first-order valence-electron chi connectivity index (χ1n) is 7.91. The van der Waals surface area contributed by atoms with Crippen LogP contribution in [0.25, 0.3) is 0 Å². The van der Waals surface area contributed by atoms with Gasteiger partial charge in [0.25, 0.3) is 0 Å². The Kier molecular flexibility index (Phi) is 5.98. The second-order valence-electron chi connectivity index (χ2n) is 5.89. The van der Waals surface area contributed by atoms with Gasteiger partial charge in [-0.05, 0) is 44.4 Å². The molecule has 1 fully saturated rings. The third-order valence-corrected chi connectivity index (χ3v) is 4.07. The summed E-state index contributed by atoms with van der Waals surface area (Å²) >= 11 is 0. The van der Waals surface area contributed by atoms with Gasteiger partial charge in [0, 0.05) is 0 Å². The van der Waals surface area contributed by atoms with E-state index in [1.807, 2.05) is 32.0 Å². The second kappa shape index (κ2) is 7.97. The molecule has 0 bridgehead atoms. The molecule has 0 spiro atoms. The first kappa shape index (κ1) is 17.3. The number of amides is 1. The summed E-state index contributed by atoms with van der Waals surface area (Å²) < 4.78 is 5.72. The molecule has 2 N–H and O–H groups in total. The fourth-order valence-corrected chi connectivity index (χ4v) is 2.91. The predicted octanol–water partition coefficient (Wildman–Crippen LogP) is 1.35. The lowest BCUT2D eigenvalue weighted by atomic mass is 10.1. The van der Waals surface area contributed by atoms with Crippen molar-refractivity contribution in [1.82, 2.24) is 10.2 Å². The van der Waals surface area contributed by atoms with Gasteiger partial charge in [-0.15, -0.1) is 0 Å². The van der Waals surface area contributed by atoms with Gasteiger partial charge < -0.3 is 15.2 Å². The van der Waals surface area contributed by atoms with Crippen molar-refractivity contribution in [1.29, 1.82) is 0 Å². The molecular formula is C17H24N2O4. The van der Waals surface area contributed by atoms with Crippen LogP contribution in [0.1, 0.15) is 24.0 Å². The molecule has 1 aliphatic rings. The highest BCUT2D eigenvalue weighted by Gasteiger charge is 2.31. The number of aryl methyl sites for hydroxylation is 2. The summed E-state index contributed by atoms with van der Waals surface area (Å²) in [5.41, 5.74) is 2.13. The maximum atomic E-state index is 11.9. The lowest BCUT2D eigenvalue weighted by Gasteiger charge is -2.20. The van der Waals surface area contributed by atoms with E-state index in [9.17, 15) is 9.59 Å². The van der Waals surface area contributed by atoms with Crippen molar-refractivity contribution in [3.63, 3.8) is 0 Å². The molecule has 6 heteroatoms. The van der Waals surface area contributed by atoms with Crippen LogP contribution in [0.4, 0.5) is 0 Å². The van der Waals surface area contributed by atoms with Crippen LogP contribution in [0.2, 0.25) is 0 Å². The third-order valence-electron chi connectivity index (χ3n) is 4.07. The van der Waals surface area contributed by atoms with Crippen molar-refractivity contribution < 1.29 is 19.4 Å². The summed E-state index contributed by atoms with van der Waals surface area (Å²) in [6.45, 7) is 5.54. The number of likely N-dealkylation sites (tertiary alicyclic amines) is 1. The van der Waals surface area contributed by atoms with Gasteiger partial charge in [0.1, 0.15) is 18.4 Å². The molecule has 6 nitrogen and oxygen atoms in total. The second-order valence-corrected chi connectivity index (χ2v) is 5.89. The number of rotatable bonds is 7. The predicted molar refractivity (Wildman–Crippen MR) is 86.7 cm³/mol. The fraction of sp³-hybridized carbons (Fsp3) is 0.529. The first-order chi connectivity index (χ1) is 11.0. The number of carbonyl (C=O) groups excluding carboxylic acids is 1. The molecule has 0 saturated carbocycles. The lowest BCUT2D eigenvalue weighted by molar-refractivity contribution is -0.142.